The van der Waals surface area contributed by atoms with Crippen molar-refractivity contribution in [3.63, 3.8) is 0 Å². The van der Waals surface area contributed by atoms with E-state index < -0.39 is 0 Å². The van der Waals surface area contributed by atoms with Crippen molar-refractivity contribution in [2.45, 2.75) is 19.8 Å². The highest BCUT2D eigenvalue weighted by atomic mass is 16.2. The summed E-state index contributed by atoms with van der Waals surface area (Å²) in [5, 5.41) is 13.2. The molecule has 3 atom stereocenters. The fourth-order valence-electron chi connectivity index (χ4n) is 3.42. The van der Waals surface area contributed by atoms with Crippen molar-refractivity contribution < 1.29 is 9.59 Å². The van der Waals surface area contributed by atoms with E-state index in [0.29, 0.717) is 24.5 Å². The summed E-state index contributed by atoms with van der Waals surface area (Å²) in [4.78, 5) is 30.4. The third-order valence-electron chi connectivity index (χ3n) is 5.18. The van der Waals surface area contributed by atoms with Crippen LogP contribution < -0.4 is 16.0 Å². The van der Waals surface area contributed by atoms with Crippen molar-refractivity contribution in [3.05, 3.63) is 24.4 Å². The van der Waals surface area contributed by atoms with E-state index in [0.717, 1.165) is 22.9 Å². The third kappa shape index (κ3) is 2.73. The van der Waals surface area contributed by atoms with Crippen molar-refractivity contribution in [3.8, 4) is 6.07 Å². The number of nitrogens with one attached hydrogen (secondary N) is 1. The van der Waals surface area contributed by atoms with Gasteiger partial charge in [0.1, 0.15) is 5.82 Å². The van der Waals surface area contributed by atoms with Crippen LogP contribution in [-0.2, 0) is 9.59 Å². The lowest BCUT2D eigenvalue weighted by Crippen LogP contribution is -2.26. The highest BCUT2D eigenvalue weighted by molar-refractivity contribution is 6.03. The van der Waals surface area contributed by atoms with Gasteiger partial charge in [0.15, 0.2) is 0 Å². The number of fused-ring (bicyclic) bond motifs is 1. The van der Waals surface area contributed by atoms with Gasteiger partial charge >= 0.3 is 0 Å². The third-order valence-corrected chi connectivity index (χ3v) is 5.18. The summed E-state index contributed by atoms with van der Waals surface area (Å²) in [7, 11) is 0. The van der Waals surface area contributed by atoms with E-state index in [1.54, 1.807) is 23.2 Å². The van der Waals surface area contributed by atoms with Crippen LogP contribution in [0.15, 0.2) is 24.4 Å². The number of pyridine rings is 1. The number of nitrogens with zero attached hydrogens (tertiary/aromatic N) is 3. The van der Waals surface area contributed by atoms with Gasteiger partial charge in [-0.3, -0.25) is 9.59 Å². The number of nitrogens with two attached hydrogens (primary N) is 1. The summed E-state index contributed by atoms with van der Waals surface area (Å²) in [6, 6.07) is 7.54. The summed E-state index contributed by atoms with van der Waals surface area (Å²) >= 11 is 0. The van der Waals surface area contributed by atoms with E-state index in [1.807, 2.05) is 13.0 Å². The first kappa shape index (κ1) is 16.3. The zero-order valence-corrected chi connectivity index (χ0v) is 14.4. The lowest BCUT2D eigenvalue weighted by atomic mass is 10.1. The van der Waals surface area contributed by atoms with Crippen LogP contribution in [0.4, 0.5) is 17.2 Å². The SMILES string of the molecule is C[C@H]1CCN(c2cc(N)c3cnc(NC(=O)[C@H]4C[C@@H]4C#N)cc3c2)C1=O. The Morgan fingerprint density at radius 3 is 2.88 bits per heavy atom. The van der Waals surface area contributed by atoms with Gasteiger partial charge in [-0.05, 0) is 36.4 Å². The summed E-state index contributed by atoms with van der Waals surface area (Å²) in [5.41, 5.74) is 7.46. The minimum absolute atomic E-state index is 0.0193. The summed E-state index contributed by atoms with van der Waals surface area (Å²) < 4.78 is 0. The molecule has 132 valence electrons. The molecule has 1 aromatic heterocycles. The van der Waals surface area contributed by atoms with Gasteiger partial charge in [-0.2, -0.15) is 5.26 Å². The predicted octanol–water partition coefficient (Wildman–Crippen LogP) is 2.29. The zero-order chi connectivity index (χ0) is 18.4. The monoisotopic (exact) mass is 349 g/mol. The van der Waals surface area contributed by atoms with E-state index in [1.165, 1.54) is 0 Å². The Kier molecular flexibility index (Phi) is 3.76. The minimum atomic E-state index is -0.252. The molecule has 2 amide bonds. The Morgan fingerprint density at radius 2 is 2.23 bits per heavy atom. The number of anilines is 3. The van der Waals surface area contributed by atoms with Gasteiger partial charge in [-0.1, -0.05) is 6.92 Å². The van der Waals surface area contributed by atoms with Crippen LogP contribution in [0.25, 0.3) is 10.8 Å². The summed E-state index contributed by atoms with van der Waals surface area (Å²) in [5.74, 6) is -0.0910. The second kappa shape index (κ2) is 5.99. The van der Waals surface area contributed by atoms with Gasteiger partial charge in [-0.15, -0.1) is 0 Å². The number of carbonyl (C=O) groups is 2. The maximum absolute atomic E-state index is 12.3. The molecule has 1 saturated heterocycles. The average Bonchev–Trinajstić information content (AvgIpc) is 3.34. The van der Waals surface area contributed by atoms with E-state index in [2.05, 4.69) is 16.4 Å². The number of hydrogen-bond donors (Lipinski definition) is 2. The fraction of sp³-hybridized carbons (Fsp3) is 0.368. The van der Waals surface area contributed by atoms with Crippen LogP contribution in [0.2, 0.25) is 0 Å². The van der Waals surface area contributed by atoms with Gasteiger partial charge in [-0.25, -0.2) is 4.98 Å². The highest BCUT2D eigenvalue weighted by Gasteiger charge is 2.43. The highest BCUT2D eigenvalue weighted by Crippen LogP contribution is 2.38. The maximum Gasteiger partial charge on any atom is 0.230 e. The molecule has 0 radical (unpaired) electrons. The number of carbonyl (C=O) groups excluding carboxylic acids is 2. The Balaban J connectivity index is 1.63. The smallest absolute Gasteiger partial charge is 0.230 e. The summed E-state index contributed by atoms with van der Waals surface area (Å²) in [6.07, 6.45) is 3.05. The van der Waals surface area contributed by atoms with Crippen molar-refractivity contribution in [2.75, 3.05) is 22.5 Å². The first-order chi connectivity index (χ1) is 12.5. The second-order valence-electron chi connectivity index (χ2n) is 7.07. The van der Waals surface area contributed by atoms with Crippen molar-refractivity contribution in [1.82, 2.24) is 4.98 Å². The number of rotatable bonds is 3. The second-order valence-corrected chi connectivity index (χ2v) is 7.07. The molecule has 7 nitrogen and oxygen atoms in total. The molecule has 2 fully saturated rings. The van der Waals surface area contributed by atoms with Crippen LogP contribution >= 0.6 is 0 Å². The normalized spacial score (nSPS) is 24.5. The molecule has 0 spiro atoms. The molecule has 0 unspecified atom stereocenters. The molecule has 1 aromatic carbocycles. The Morgan fingerprint density at radius 1 is 1.42 bits per heavy atom. The lowest BCUT2D eigenvalue weighted by Gasteiger charge is -2.18. The first-order valence-electron chi connectivity index (χ1n) is 8.69. The van der Waals surface area contributed by atoms with Crippen molar-refractivity contribution >= 4 is 39.8 Å². The molecule has 1 aliphatic heterocycles. The van der Waals surface area contributed by atoms with E-state index in [4.69, 9.17) is 11.0 Å². The van der Waals surface area contributed by atoms with Gasteiger partial charge in [0.25, 0.3) is 0 Å². The van der Waals surface area contributed by atoms with Gasteiger partial charge in [0.2, 0.25) is 11.8 Å². The standard InChI is InChI=1S/C19H19N5O2/c1-10-2-3-24(19(10)26)13-4-11-6-17(22-9-15(11)16(21)7-13)23-18(25)14-5-12(14)8-20/h4,6-7,9-10,12,14H,2-3,5,21H2,1H3,(H,22,23,25)/t10-,12+,14-/m0/s1. The topological polar surface area (TPSA) is 112 Å². The van der Waals surface area contributed by atoms with Crippen molar-refractivity contribution in [2.24, 2.45) is 17.8 Å². The van der Waals surface area contributed by atoms with Crippen LogP contribution in [0.1, 0.15) is 19.8 Å². The summed E-state index contributed by atoms with van der Waals surface area (Å²) in [6.45, 7) is 2.60. The molecule has 2 aromatic rings. The number of aromatic nitrogens is 1. The molecule has 3 N–H and O–H groups in total. The van der Waals surface area contributed by atoms with Crippen LogP contribution in [0.3, 0.4) is 0 Å². The molecule has 7 heteroatoms. The van der Waals surface area contributed by atoms with E-state index >= 15 is 0 Å². The Hall–Kier alpha value is -3.14. The van der Waals surface area contributed by atoms with Gasteiger partial charge in [0, 0.05) is 35.4 Å². The number of amides is 2. The minimum Gasteiger partial charge on any atom is -0.398 e. The number of benzene rings is 1. The molecule has 2 heterocycles. The molecule has 1 aliphatic carbocycles. The van der Waals surface area contributed by atoms with Crippen LogP contribution in [-0.4, -0.2) is 23.3 Å². The quantitative estimate of drug-likeness (QED) is 0.826. The Bertz CT molecular complexity index is 964. The molecule has 2 aliphatic rings. The van der Waals surface area contributed by atoms with Crippen molar-refractivity contribution in [1.29, 1.82) is 5.26 Å². The molecule has 1 saturated carbocycles. The molecule has 4 rings (SSSR count). The first-order valence-corrected chi connectivity index (χ1v) is 8.69. The molecular formula is C19H19N5O2. The van der Waals surface area contributed by atoms with Crippen LogP contribution in [0, 0.1) is 29.1 Å². The molecule has 0 bridgehead atoms. The van der Waals surface area contributed by atoms with Gasteiger partial charge in [0.05, 0.1) is 17.9 Å². The predicted molar refractivity (Wildman–Crippen MR) is 98.1 cm³/mol. The number of hydrogen-bond acceptors (Lipinski definition) is 5. The van der Waals surface area contributed by atoms with Crippen LogP contribution in [0.5, 0.6) is 0 Å². The lowest BCUT2D eigenvalue weighted by molar-refractivity contribution is -0.120. The maximum atomic E-state index is 12.3. The molecular weight excluding hydrogens is 330 g/mol. The van der Waals surface area contributed by atoms with E-state index in [-0.39, 0.29) is 29.6 Å². The zero-order valence-electron chi connectivity index (χ0n) is 14.4. The largest absolute Gasteiger partial charge is 0.398 e. The Labute approximate surface area is 150 Å². The molecule has 26 heavy (non-hydrogen) atoms. The van der Waals surface area contributed by atoms with Gasteiger partial charge < -0.3 is 16.0 Å². The number of nitriles is 1. The fourth-order valence-corrected chi connectivity index (χ4v) is 3.42. The average molecular weight is 349 g/mol. The van der Waals surface area contributed by atoms with E-state index in [9.17, 15) is 9.59 Å². The number of nitrogen functional groups attached to an aromatic ring is 1.